The van der Waals surface area contributed by atoms with Gasteiger partial charge in [-0.05, 0) is 37.3 Å². The van der Waals surface area contributed by atoms with Crippen LogP contribution in [0.1, 0.15) is 57.9 Å². The van der Waals surface area contributed by atoms with Gasteiger partial charge in [-0.3, -0.25) is 9.59 Å². The molecule has 0 saturated heterocycles. The third kappa shape index (κ3) is 3.18. The van der Waals surface area contributed by atoms with E-state index in [4.69, 9.17) is 5.26 Å². The highest BCUT2D eigenvalue weighted by Gasteiger charge is 2.33. The van der Waals surface area contributed by atoms with Crippen LogP contribution in [-0.2, 0) is 6.42 Å². The maximum atomic E-state index is 14.4. The maximum absolute atomic E-state index is 14.4. The number of fused-ring (bicyclic) bond motifs is 1. The third-order valence-corrected chi connectivity index (χ3v) is 5.87. The zero-order valence-corrected chi connectivity index (χ0v) is 16.0. The molecular formula is C20H17FN4O2S. The number of thiazole rings is 1. The van der Waals surface area contributed by atoms with Gasteiger partial charge in [0.25, 0.3) is 11.5 Å². The number of amides is 1. The monoisotopic (exact) mass is 396 g/mol. The van der Waals surface area contributed by atoms with Crippen LogP contribution in [0, 0.1) is 17.1 Å². The molecule has 1 fully saturated rings. The molecule has 0 spiro atoms. The van der Waals surface area contributed by atoms with Crippen LogP contribution < -0.4 is 10.9 Å². The minimum absolute atomic E-state index is 0.0408. The summed E-state index contributed by atoms with van der Waals surface area (Å²) < 4.78 is 15.7. The lowest BCUT2D eigenvalue weighted by Crippen LogP contribution is -2.28. The number of hydrogen-bond acceptors (Lipinski definition) is 5. The molecule has 0 aliphatic heterocycles. The first-order chi connectivity index (χ1) is 13.5. The molecule has 1 aliphatic carbocycles. The van der Waals surface area contributed by atoms with Crippen LogP contribution in [0.3, 0.4) is 0 Å². The number of hydrogen-bond donors (Lipinski definition) is 1. The minimum atomic E-state index is -0.597. The highest BCUT2D eigenvalue weighted by Crippen LogP contribution is 2.45. The molecule has 8 heteroatoms. The molecule has 142 valence electrons. The fourth-order valence-corrected chi connectivity index (χ4v) is 4.52. The number of benzene rings is 1. The van der Waals surface area contributed by atoms with E-state index in [1.807, 2.05) is 13.0 Å². The predicted octanol–water partition coefficient (Wildman–Crippen LogP) is 2.98. The van der Waals surface area contributed by atoms with Crippen molar-refractivity contribution in [3.05, 3.63) is 67.8 Å². The molecule has 1 aliphatic rings. The molecular weight excluding hydrogens is 379 g/mol. The molecule has 1 saturated carbocycles. The second kappa shape index (κ2) is 7.17. The second-order valence-electron chi connectivity index (χ2n) is 6.72. The summed E-state index contributed by atoms with van der Waals surface area (Å²) in [6.07, 6.45) is 2.08. The second-order valence-corrected chi connectivity index (χ2v) is 7.73. The van der Waals surface area contributed by atoms with Gasteiger partial charge < -0.3 is 5.32 Å². The van der Waals surface area contributed by atoms with E-state index in [1.165, 1.54) is 27.9 Å². The van der Waals surface area contributed by atoms with E-state index < -0.39 is 5.82 Å². The largest absolute Gasteiger partial charge is 0.351 e. The van der Waals surface area contributed by atoms with Gasteiger partial charge in [-0.2, -0.15) is 5.26 Å². The standard InChI is InChI=1S/C20H17FN4O2S/c1-2-23-19(27)17-18(11-6-7-11)28-20-24-14(9-15(26)25(17)20)8-12-4-3-5-13(10-22)16(12)21/h3-5,9,11H,2,6-8H2,1H3,(H,23,27). The van der Waals surface area contributed by atoms with E-state index in [2.05, 4.69) is 10.3 Å². The van der Waals surface area contributed by atoms with Crippen LogP contribution >= 0.6 is 11.3 Å². The van der Waals surface area contributed by atoms with E-state index in [1.54, 1.807) is 12.1 Å². The number of nitrogens with one attached hydrogen (secondary N) is 1. The van der Waals surface area contributed by atoms with Crippen LogP contribution in [0.2, 0.25) is 0 Å². The van der Waals surface area contributed by atoms with Crippen molar-refractivity contribution in [1.82, 2.24) is 14.7 Å². The van der Waals surface area contributed by atoms with Gasteiger partial charge in [0.1, 0.15) is 17.6 Å². The van der Waals surface area contributed by atoms with Gasteiger partial charge in [-0.25, -0.2) is 13.8 Å². The molecule has 2 heterocycles. The normalized spacial score (nSPS) is 13.5. The van der Waals surface area contributed by atoms with Crippen molar-refractivity contribution in [2.24, 2.45) is 0 Å². The van der Waals surface area contributed by atoms with E-state index in [9.17, 15) is 14.0 Å². The average molecular weight is 396 g/mol. The number of rotatable bonds is 5. The number of carbonyl (C=O) groups excluding carboxylic acids is 1. The van der Waals surface area contributed by atoms with Gasteiger partial charge in [-0.15, -0.1) is 11.3 Å². The molecule has 6 nitrogen and oxygen atoms in total. The first kappa shape index (κ1) is 18.3. The maximum Gasteiger partial charge on any atom is 0.269 e. The lowest BCUT2D eigenvalue weighted by molar-refractivity contribution is 0.0949. The Morgan fingerprint density at radius 3 is 2.93 bits per heavy atom. The molecule has 0 radical (unpaired) electrons. The van der Waals surface area contributed by atoms with Crippen molar-refractivity contribution in [1.29, 1.82) is 5.26 Å². The zero-order valence-electron chi connectivity index (χ0n) is 15.2. The van der Waals surface area contributed by atoms with E-state index >= 15 is 0 Å². The molecule has 0 atom stereocenters. The quantitative estimate of drug-likeness (QED) is 0.718. The van der Waals surface area contributed by atoms with Crippen molar-refractivity contribution in [3.63, 3.8) is 0 Å². The summed E-state index contributed by atoms with van der Waals surface area (Å²) in [5, 5.41) is 11.8. The Morgan fingerprint density at radius 1 is 1.46 bits per heavy atom. The Bertz CT molecular complexity index is 1190. The van der Waals surface area contributed by atoms with Crippen molar-refractivity contribution < 1.29 is 9.18 Å². The van der Waals surface area contributed by atoms with Crippen LogP contribution in [0.15, 0.2) is 29.1 Å². The van der Waals surface area contributed by atoms with Gasteiger partial charge in [0, 0.05) is 23.9 Å². The fraction of sp³-hybridized carbons (Fsp3) is 0.300. The van der Waals surface area contributed by atoms with Crippen molar-refractivity contribution in [2.45, 2.75) is 32.1 Å². The van der Waals surface area contributed by atoms with Gasteiger partial charge in [0.05, 0.1) is 11.3 Å². The van der Waals surface area contributed by atoms with Gasteiger partial charge in [0.15, 0.2) is 4.96 Å². The highest BCUT2D eigenvalue weighted by atomic mass is 32.1. The number of halogens is 1. The van der Waals surface area contributed by atoms with Gasteiger partial charge in [0.2, 0.25) is 0 Å². The Balaban J connectivity index is 1.81. The summed E-state index contributed by atoms with van der Waals surface area (Å²) in [5.41, 5.74) is 0.677. The van der Waals surface area contributed by atoms with Crippen molar-refractivity contribution >= 4 is 22.2 Å². The highest BCUT2D eigenvalue weighted by molar-refractivity contribution is 7.17. The Labute approximate surface area is 164 Å². The third-order valence-electron chi connectivity index (χ3n) is 4.67. The number of aromatic nitrogens is 2. The molecule has 3 aromatic rings. The number of nitrogens with zero attached hydrogens (tertiary/aromatic N) is 3. The molecule has 4 rings (SSSR count). The minimum Gasteiger partial charge on any atom is -0.351 e. The average Bonchev–Trinajstić information content (AvgIpc) is 3.44. The van der Waals surface area contributed by atoms with E-state index in [0.717, 1.165) is 17.7 Å². The molecule has 0 unspecified atom stereocenters. The van der Waals surface area contributed by atoms with Crippen molar-refractivity contribution in [3.8, 4) is 6.07 Å². The molecule has 0 bridgehead atoms. The van der Waals surface area contributed by atoms with Crippen LogP contribution in [0.25, 0.3) is 4.96 Å². The lowest BCUT2D eigenvalue weighted by Gasteiger charge is -2.06. The lowest BCUT2D eigenvalue weighted by atomic mass is 10.1. The van der Waals surface area contributed by atoms with Crippen molar-refractivity contribution in [2.75, 3.05) is 6.54 Å². The first-order valence-corrected chi connectivity index (χ1v) is 9.86. The predicted molar refractivity (Wildman–Crippen MR) is 103 cm³/mol. The van der Waals surface area contributed by atoms with E-state index in [0.29, 0.717) is 28.5 Å². The summed E-state index contributed by atoms with van der Waals surface area (Å²) in [6, 6.07) is 7.73. The van der Waals surface area contributed by atoms with Crippen LogP contribution in [0.4, 0.5) is 4.39 Å². The summed E-state index contributed by atoms with van der Waals surface area (Å²) in [6.45, 7) is 2.29. The van der Waals surface area contributed by atoms with Crippen LogP contribution in [0.5, 0.6) is 0 Å². The zero-order chi connectivity index (χ0) is 19.8. The molecule has 1 aromatic carbocycles. The summed E-state index contributed by atoms with van der Waals surface area (Å²) in [7, 11) is 0. The Hall–Kier alpha value is -3.05. The summed E-state index contributed by atoms with van der Waals surface area (Å²) in [4.78, 5) is 31.2. The van der Waals surface area contributed by atoms with Gasteiger partial charge in [-0.1, -0.05) is 12.1 Å². The van der Waals surface area contributed by atoms with Gasteiger partial charge >= 0.3 is 0 Å². The molecule has 28 heavy (non-hydrogen) atoms. The first-order valence-electron chi connectivity index (χ1n) is 9.04. The smallest absolute Gasteiger partial charge is 0.269 e. The Morgan fingerprint density at radius 2 is 2.25 bits per heavy atom. The number of nitriles is 1. The topological polar surface area (TPSA) is 87.3 Å². The number of carbonyl (C=O) groups is 1. The molecule has 1 amide bonds. The Kier molecular flexibility index (Phi) is 4.69. The molecule has 2 aromatic heterocycles. The SMILES string of the molecule is CCNC(=O)c1c(C2CC2)sc2nc(Cc3cccc(C#N)c3F)cc(=O)n12. The van der Waals surface area contributed by atoms with Crippen LogP contribution in [-0.4, -0.2) is 21.8 Å². The summed E-state index contributed by atoms with van der Waals surface area (Å²) >= 11 is 1.34. The fourth-order valence-electron chi connectivity index (χ4n) is 3.21. The summed E-state index contributed by atoms with van der Waals surface area (Å²) in [5.74, 6) is -0.586. The van der Waals surface area contributed by atoms with E-state index in [-0.39, 0.29) is 29.4 Å². The molecule has 1 N–H and O–H groups in total.